The third kappa shape index (κ3) is 8.43. The molecule has 246 valence electrons. The zero-order valence-electron chi connectivity index (χ0n) is 28.6. The third-order valence-corrected chi connectivity index (χ3v) is 8.49. The molecule has 4 aromatic rings. The third-order valence-electron chi connectivity index (χ3n) is 8.49. The highest BCUT2D eigenvalue weighted by atomic mass is 15.0. The molecule has 0 aliphatic carbocycles. The van der Waals surface area contributed by atoms with E-state index in [1.54, 1.807) is 12.3 Å². The van der Waals surface area contributed by atoms with E-state index in [0.717, 1.165) is 74.5 Å². The minimum absolute atomic E-state index is 0.815. The van der Waals surface area contributed by atoms with Crippen LogP contribution in [0.25, 0.3) is 45.8 Å². The fraction of sp³-hybridized carbons (Fsp3) is 0.0889. The van der Waals surface area contributed by atoms with Crippen molar-refractivity contribution in [3.63, 3.8) is 0 Å². The van der Waals surface area contributed by atoms with E-state index >= 15 is 0 Å². The van der Waals surface area contributed by atoms with E-state index in [9.17, 15) is 0 Å². The second kappa shape index (κ2) is 17.7. The van der Waals surface area contributed by atoms with E-state index in [2.05, 4.69) is 117 Å². The lowest BCUT2D eigenvalue weighted by molar-refractivity contribution is 1.05. The minimum Gasteiger partial charge on any atom is -0.405 e. The van der Waals surface area contributed by atoms with Crippen molar-refractivity contribution in [1.29, 1.82) is 5.41 Å². The normalized spacial score (nSPS) is 12.7. The first-order valence-corrected chi connectivity index (χ1v) is 16.4. The summed E-state index contributed by atoms with van der Waals surface area (Å²) in [6.45, 7) is 16.5. The summed E-state index contributed by atoms with van der Waals surface area (Å²) < 4.78 is 2.32. The SMILES string of the molecule is C=C/C=C(\C=N)c1ccc(-c2ccc(-c3c(C)c(C)c(/C=C(C=C)/C(/C=C\CC/C=C\C=C/N)=C/N)n3-c3ccccc3)c(C=C)c2)cc1. The van der Waals surface area contributed by atoms with Gasteiger partial charge in [-0.2, -0.15) is 0 Å². The highest BCUT2D eigenvalue weighted by Crippen LogP contribution is 2.39. The molecule has 0 spiro atoms. The summed E-state index contributed by atoms with van der Waals surface area (Å²) >= 11 is 0. The van der Waals surface area contributed by atoms with Gasteiger partial charge in [-0.15, -0.1) is 0 Å². The molecule has 4 nitrogen and oxygen atoms in total. The maximum atomic E-state index is 7.75. The van der Waals surface area contributed by atoms with Crippen LogP contribution < -0.4 is 11.5 Å². The molecule has 0 aliphatic rings. The second-order valence-electron chi connectivity index (χ2n) is 11.5. The van der Waals surface area contributed by atoms with Crippen LogP contribution in [0.15, 0.2) is 165 Å². The van der Waals surface area contributed by atoms with Crippen molar-refractivity contribution in [2.45, 2.75) is 26.7 Å². The van der Waals surface area contributed by atoms with Gasteiger partial charge in [0.1, 0.15) is 0 Å². The van der Waals surface area contributed by atoms with Gasteiger partial charge in [0, 0.05) is 23.7 Å². The van der Waals surface area contributed by atoms with E-state index in [1.807, 2.05) is 48.6 Å². The summed E-state index contributed by atoms with van der Waals surface area (Å²) in [5.41, 5.74) is 25.1. The molecule has 0 aliphatic heterocycles. The lowest BCUT2D eigenvalue weighted by Gasteiger charge is -2.17. The predicted octanol–water partition coefficient (Wildman–Crippen LogP) is 11.1. The smallest absolute Gasteiger partial charge is 0.0572 e. The van der Waals surface area contributed by atoms with E-state index in [0.29, 0.717) is 0 Å². The molecule has 0 unspecified atom stereocenters. The number of para-hydroxylation sites is 1. The van der Waals surface area contributed by atoms with Gasteiger partial charge in [0.2, 0.25) is 0 Å². The number of nitrogens with zero attached hydrogens (tertiary/aromatic N) is 1. The minimum atomic E-state index is 0.815. The fourth-order valence-electron chi connectivity index (χ4n) is 5.80. The number of allylic oxidation sites excluding steroid dienone is 11. The predicted molar refractivity (Wildman–Crippen MR) is 214 cm³/mol. The Bertz CT molecular complexity index is 1990. The molecular weight excluding hydrogens is 597 g/mol. The molecule has 1 aromatic heterocycles. The molecule has 49 heavy (non-hydrogen) atoms. The Morgan fingerprint density at radius 1 is 0.816 bits per heavy atom. The Balaban J connectivity index is 1.82. The number of nitrogens with one attached hydrogen (secondary N) is 1. The zero-order valence-corrected chi connectivity index (χ0v) is 28.6. The van der Waals surface area contributed by atoms with E-state index in [4.69, 9.17) is 16.9 Å². The maximum Gasteiger partial charge on any atom is 0.0572 e. The summed E-state index contributed by atoms with van der Waals surface area (Å²) in [7, 11) is 0. The van der Waals surface area contributed by atoms with Gasteiger partial charge in [-0.25, -0.2) is 0 Å². The second-order valence-corrected chi connectivity index (χ2v) is 11.5. The molecule has 3 aromatic carbocycles. The number of nitrogens with two attached hydrogens (primary N) is 2. The summed E-state index contributed by atoms with van der Waals surface area (Å²) in [5.74, 6) is 0. The molecule has 4 rings (SSSR count). The molecule has 0 radical (unpaired) electrons. The van der Waals surface area contributed by atoms with Gasteiger partial charge < -0.3 is 21.4 Å². The fourth-order valence-corrected chi connectivity index (χ4v) is 5.80. The molecule has 1 heterocycles. The summed E-state index contributed by atoms with van der Waals surface area (Å²) in [6, 6.07) is 25.2. The van der Waals surface area contributed by atoms with Gasteiger partial charge in [0.05, 0.1) is 11.4 Å². The Hall–Kier alpha value is -6.13. The molecular formula is C45H46N4. The summed E-state index contributed by atoms with van der Waals surface area (Å²) in [6.07, 6.45) is 25.8. The molecule has 0 fully saturated rings. The highest BCUT2D eigenvalue weighted by Gasteiger charge is 2.21. The Kier molecular flexibility index (Phi) is 12.9. The molecule has 0 saturated carbocycles. The van der Waals surface area contributed by atoms with Crippen LogP contribution in [0.3, 0.4) is 0 Å². The van der Waals surface area contributed by atoms with Crippen LogP contribution in [0.5, 0.6) is 0 Å². The van der Waals surface area contributed by atoms with Crippen molar-refractivity contribution in [3.8, 4) is 28.1 Å². The van der Waals surface area contributed by atoms with Crippen molar-refractivity contribution in [3.05, 3.63) is 193 Å². The average Bonchev–Trinajstić information content (AvgIpc) is 3.39. The molecule has 0 saturated heterocycles. The van der Waals surface area contributed by atoms with E-state index in [-0.39, 0.29) is 0 Å². The van der Waals surface area contributed by atoms with Gasteiger partial charge >= 0.3 is 0 Å². The van der Waals surface area contributed by atoms with Crippen molar-refractivity contribution in [2.24, 2.45) is 11.5 Å². The number of unbranched alkanes of at least 4 members (excludes halogenated alkanes) is 1. The van der Waals surface area contributed by atoms with E-state index in [1.165, 1.54) is 23.5 Å². The first-order chi connectivity index (χ1) is 23.9. The maximum absolute atomic E-state index is 7.75. The van der Waals surface area contributed by atoms with Gasteiger partial charge in [0.15, 0.2) is 0 Å². The van der Waals surface area contributed by atoms with Crippen molar-refractivity contribution in [2.75, 3.05) is 0 Å². The van der Waals surface area contributed by atoms with Gasteiger partial charge in [-0.05, 0) is 113 Å². The Labute approximate surface area is 292 Å². The van der Waals surface area contributed by atoms with Crippen LogP contribution >= 0.6 is 0 Å². The number of aromatic nitrogens is 1. The topological polar surface area (TPSA) is 80.8 Å². The quantitative estimate of drug-likeness (QED) is 0.0685. The van der Waals surface area contributed by atoms with Crippen molar-refractivity contribution in [1.82, 2.24) is 4.57 Å². The molecule has 0 atom stereocenters. The van der Waals surface area contributed by atoms with Crippen LogP contribution in [-0.2, 0) is 0 Å². The van der Waals surface area contributed by atoms with Crippen LogP contribution in [0.1, 0.15) is 40.8 Å². The van der Waals surface area contributed by atoms with Crippen LogP contribution in [-0.4, -0.2) is 10.8 Å². The number of hydrogen-bond donors (Lipinski definition) is 3. The molecule has 5 N–H and O–H groups in total. The van der Waals surface area contributed by atoms with E-state index < -0.39 is 0 Å². The number of rotatable bonds is 15. The lowest BCUT2D eigenvalue weighted by atomic mass is 9.94. The molecule has 0 bridgehead atoms. The van der Waals surface area contributed by atoms with Crippen molar-refractivity contribution < 1.29 is 0 Å². The van der Waals surface area contributed by atoms with Crippen molar-refractivity contribution >= 4 is 23.9 Å². The zero-order chi connectivity index (χ0) is 35.2. The van der Waals surface area contributed by atoms with Crippen LogP contribution in [0.4, 0.5) is 0 Å². The Morgan fingerprint density at radius 2 is 1.53 bits per heavy atom. The van der Waals surface area contributed by atoms with Gasteiger partial charge in [-0.1, -0.05) is 123 Å². The number of benzene rings is 3. The highest BCUT2D eigenvalue weighted by molar-refractivity contribution is 6.08. The van der Waals surface area contributed by atoms with Crippen LogP contribution in [0, 0.1) is 19.3 Å². The van der Waals surface area contributed by atoms with Gasteiger partial charge in [0.25, 0.3) is 0 Å². The average molecular weight is 643 g/mol. The Morgan fingerprint density at radius 3 is 2.16 bits per heavy atom. The first kappa shape index (κ1) is 35.7. The largest absolute Gasteiger partial charge is 0.405 e. The lowest BCUT2D eigenvalue weighted by Crippen LogP contribution is -2.02. The van der Waals surface area contributed by atoms with Crippen LogP contribution in [0.2, 0.25) is 0 Å². The first-order valence-electron chi connectivity index (χ1n) is 16.4. The monoisotopic (exact) mass is 642 g/mol. The summed E-state index contributed by atoms with van der Waals surface area (Å²) in [4.78, 5) is 0. The summed E-state index contributed by atoms with van der Waals surface area (Å²) in [5, 5.41) is 7.75. The number of hydrogen-bond acceptors (Lipinski definition) is 3. The molecule has 0 amide bonds. The standard InChI is InChI=1S/C45H46N4/c1-6-18-40(31-47)38-24-22-37(23-25-38)39-26-27-43(36(8-3)29-39)45-34(5)33(4)44(49(45)42-20-15-13-16-21-42)30-35(7-2)41(32-48)19-14-11-9-10-12-17-28-46/h6-8,10,12-32,47H,1-3,9,11,46,48H2,4-5H3/b12-10-,19-14-,28-17-,35-30+,40-18+,41-32+,47-31?. The van der Waals surface area contributed by atoms with Gasteiger partial charge in [-0.3, -0.25) is 0 Å². The molecule has 4 heteroatoms.